The summed E-state index contributed by atoms with van der Waals surface area (Å²) in [7, 11) is 0.537. The summed E-state index contributed by atoms with van der Waals surface area (Å²) in [4.78, 5) is 37.8. The van der Waals surface area contributed by atoms with E-state index in [9.17, 15) is 22.8 Å². The molecule has 1 fully saturated rings. The van der Waals surface area contributed by atoms with Gasteiger partial charge in [-0.2, -0.15) is 0 Å². The smallest absolute Gasteiger partial charge is 0.312 e. The SMILES string of the molecule is CN(C)CCN(C(=O)C(=O)NCCCNC=O)C1CCS(=O)(=O)C1. The number of rotatable bonds is 9. The predicted molar refractivity (Wildman–Crippen MR) is 89.0 cm³/mol. The molecule has 1 aliphatic rings. The van der Waals surface area contributed by atoms with Crippen molar-refractivity contribution in [1.29, 1.82) is 0 Å². The average Bonchev–Trinajstić information content (AvgIpc) is 2.86. The summed E-state index contributed by atoms with van der Waals surface area (Å²) in [5, 5.41) is 4.97. The van der Waals surface area contributed by atoms with Crippen molar-refractivity contribution < 1.29 is 22.8 Å². The fourth-order valence-electron chi connectivity index (χ4n) is 2.44. The van der Waals surface area contributed by atoms with Crippen molar-refractivity contribution in [1.82, 2.24) is 20.4 Å². The number of sulfone groups is 1. The lowest BCUT2D eigenvalue weighted by Crippen LogP contribution is -2.50. The first-order valence-electron chi connectivity index (χ1n) is 7.88. The van der Waals surface area contributed by atoms with Crippen LogP contribution in [0.4, 0.5) is 0 Å². The van der Waals surface area contributed by atoms with Crippen molar-refractivity contribution in [3.63, 3.8) is 0 Å². The summed E-state index contributed by atoms with van der Waals surface area (Å²) in [6.07, 6.45) is 1.43. The normalized spacial score (nSPS) is 19.0. The summed E-state index contributed by atoms with van der Waals surface area (Å²) >= 11 is 0. The molecule has 2 N–H and O–H groups in total. The molecule has 0 aromatic carbocycles. The van der Waals surface area contributed by atoms with Gasteiger partial charge in [0, 0.05) is 32.2 Å². The molecule has 1 rings (SSSR count). The Hall–Kier alpha value is -1.68. The third-order valence-corrected chi connectivity index (χ3v) is 5.51. The third-order valence-electron chi connectivity index (χ3n) is 3.76. The van der Waals surface area contributed by atoms with Gasteiger partial charge in [0.2, 0.25) is 6.41 Å². The zero-order chi connectivity index (χ0) is 18.2. The first-order valence-corrected chi connectivity index (χ1v) is 9.70. The molecular weight excluding hydrogens is 336 g/mol. The van der Waals surface area contributed by atoms with Crippen molar-refractivity contribution in [3.8, 4) is 0 Å². The Bertz CT molecular complexity index is 549. The first kappa shape index (κ1) is 20.4. The van der Waals surface area contributed by atoms with E-state index in [1.807, 2.05) is 19.0 Å². The second-order valence-electron chi connectivity index (χ2n) is 6.04. The minimum absolute atomic E-state index is 0.0440. The van der Waals surface area contributed by atoms with Crippen LogP contribution in [0, 0.1) is 0 Å². The van der Waals surface area contributed by atoms with Crippen molar-refractivity contribution in [2.45, 2.75) is 18.9 Å². The van der Waals surface area contributed by atoms with Crippen LogP contribution in [0.2, 0.25) is 0 Å². The summed E-state index contributed by atoms with van der Waals surface area (Å²) < 4.78 is 23.3. The fourth-order valence-corrected chi connectivity index (χ4v) is 4.17. The highest BCUT2D eigenvalue weighted by molar-refractivity contribution is 7.91. The molecule has 1 unspecified atom stereocenters. The maximum atomic E-state index is 12.4. The largest absolute Gasteiger partial charge is 0.359 e. The second kappa shape index (κ2) is 9.58. The molecule has 1 atom stereocenters. The number of hydrogen-bond donors (Lipinski definition) is 2. The van der Waals surface area contributed by atoms with Crippen molar-refractivity contribution in [2.75, 3.05) is 51.8 Å². The summed E-state index contributed by atoms with van der Waals surface area (Å²) in [5.41, 5.74) is 0. The molecule has 1 saturated heterocycles. The van der Waals surface area contributed by atoms with E-state index in [1.54, 1.807) is 0 Å². The van der Waals surface area contributed by atoms with Gasteiger partial charge in [0.05, 0.1) is 11.5 Å². The van der Waals surface area contributed by atoms with E-state index in [-0.39, 0.29) is 18.1 Å². The van der Waals surface area contributed by atoms with E-state index in [0.717, 1.165) is 0 Å². The highest BCUT2D eigenvalue weighted by atomic mass is 32.2. The van der Waals surface area contributed by atoms with Crippen LogP contribution >= 0.6 is 0 Å². The molecule has 10 heteroatoms. The predicted octanol–water partition coefficient (Wildman–Crippen LogP) is -2.18. The lowest BCUT2D eigenvalue weighted by atomic mass is 10.2. The van der Waals surface area contributed by atoms with Gasteiger partial charge in [0.1, 0.15) is 0 Å². The van der Waals surface area contributed by atoms with E-state index < -0.39 is 27.7 Å². The van der Waals surface area contributed by atoms with Crippen molar-refractivity contribution in [3.05, 3.63) is 0 Å². The quantitative estimate of drug-likeness (QED) is 0.274. The van der Waals surface area contributed by atoms with Crippen LogP contribution in [0.5, 0.6) is 0 Å². The third kappa shape index (κ3) is 6.83. The maximum absolute atomic E-state index is 12.4. The maximum Gasteiger partial charge on any atom is 0.312 e. The van der Waals surface area contributed by atoms with Crippen LogP contribution in [-0.4, -0.2) is 94.3 Å². The second-order valence-corrected chi connectivity index (χ2v) is 8.27. The average molecular weight is 362 g/mol. The van der Waals surface area contributed by atoms with Crippen molar-refractivity contribution >= 4 is 28.1 Å². The van der Waals surface area contributed by atoms with Gasteiger partial charge in [0.25, 0.3) is 0 Å². The molecule has 1 aliphatic heterocycles. The molecule has 0 aliphatic carbocycles. The number of nitrogens with one attached hydrogen (secondary N) is 2. The van der Waals surface area contributed by atoms with Gasteiger partial charge in [-0.15, -0.1) is 0 Å². The van der Waals surface area contributed by atoms with Crippen LogP contribution in [0.3, 0.4) is 0 Å². The molecule has 0 spiro atoms. The Labute approximate surface area is 142 Å². The van der Waals surface area contributed by atoms with Gasteiger partial charge in [-0.05, 0) is 26.9 Å². The Balaban J connectivity index is 2.62. The molecule has 138 valence electrons. The molecule has 0 radical (unpaired) electrons. The highest BCUT2D eigenvalue weighted by Gasteiger charge is 2.36. The number of carbonyl (C=O) groups is 3. The standard InChI is InChI=1S/C14H26N4O5S/c1-17(2)7-8-18(12-4-9-24(22,23)10-12)14(21)13(20)16-6-3-5-15-11-19/h11-12H,3-10H2,1-2H3,(H,15,19)(H,16,20). The van der Waals surface area contributed by atoms with Crippen LogP contribution in [-0.2, 0) is 24.2 Å². The number of likely N-dealkylation sites (N-methyl/N-ethyl adjacent to an activating group) is 1. The van der Waals surface area contributed by atoms with E-state index >= 15 is 0 Å². The number of hydrogen-bond acceptors (Lipinski definition) is 6. The number of carbonyl (C=O) groups excluding carboxylic acids is 3. The van der Waals surface area contributed by atoms with Gasteiger partial charge in [-0.3, -0.25) is 14.4 Å². The Kier molecular flexibility index (Phi) is 8.13. The zero-order valence-electron chi connectivity index (χ0n) is 14.2. The first-order chi connectivity index (χ1) is 11.3. The van der Waals surface area contributed by atoms with Crippen LogP contribution in [0.1, 0.15) is 12.8 Å². The Morgan fingerprint density at radius 2 is 1.92 bits per heavy atom. The molecule has 0 aromatic heterocycles. The number of amides is 3. The molecule has 1 heterocycles. The van der Waals surface area contributed by atoms with Crippen LogP contribution in [0.25, 0.3) is 0 Å². The van der Waals surface area contributed by atoms with Gasteiger partial charge >= 0.3 is 11.8 Å². The zero-order valence-corrected chi connectivity index (χ0v) is 15.0. The van der Waals surface area contributed by atoms with Crippen LogP contribution < -0.4 is 10.6 Å². The van der Waals surface area contributed by atoms with E-state index in [0.29, 0.717) is 38.9 Å². The molecule has 3 amide bonds. The summed E-state index contributed by atoms with van der Waals surface area (Å²) in [6, 6.07) is -0.454. The van der Waals surface area contributed by atoms with Gasteiger partial charge in [-0.1, -0.05) is 0 Å². The molecule has 0 aromatic rings. The molecule has 24 heavy (non-hydrogen) atoms. The van der Waals surface area contributed by atoms with Crippen LogP contribution in [0.15, 0.2) is 0 Å². The monoisotopic (exact) mass is 362 g/mol. The Morgan fingerprint density at radius 3 is 2.46 bits per heavy atom. The summed E-state index contributed by atoms with van der Waals surface area (Å²) in [6.45, 7) is 1.50. The molecular formula is C14H26N4O5S. The summed E-state index contributed by atoms with van der Waals surface area (Å²) in [5.74, 6) is -1.50. The lowest BCUT2D eigenvalue weighted by molar-refractivity contribution is -0.147. The van der Waals surface area contributed by atoms with Gasteiger partial charge in [-0.25, -0.2) is 8.42 Å². The highest BCUT2D eigenvalue weighted by Crippen LogP contribution is 2.18. The molecule has 9 nitrogen and oxygen atoms in total. The molecule has 0 bridgehead atoms. The lowest BCUT2D eigenvalue weighted by Gasteiger charge is -2.28. The minimum Gasteiger partial charge on any atom is -0.359 e. The topological polar surface area (TPSA) is 116 Å². The Morgan fingerprint density at radius 1 is 1.21 bits per heavy atom. The van der Waals surface area contributed by atoms with Gasteiger partial charge in [0.15, 0.2) is 9.84 Å². The van der Waals surface area contributed by atoms with Crippen molar-refractivity contribution in [2.24, 2.45) is 0 Å². The number of nitrogens with zero attached hydrogens (tertiary/aromatic N) is 2. The van der Waals surface area contributed by atoms with Gasteiger partial charge < -0.3 is 20.4 Å². The van der Waals surface area contributed by atoms with E-state index in [1.165, 1.54) is 4.90 Å². The fraction of sp³-hybridized carbons (Fsp3) is 0.786. The van der Waals surface area contributed by atoms with E-state index in [2.05, 4.69) is 10.6 Å². The molecule has 0 saturated carbocycles. The van der Waals surface area contributed by atoms with E-state index in [4.69, 9.17) is 0 Å². The minimum atomic E-state index is -3.15.